The Morgan fingerprint density at radius 3 is 2.90 bits per heavy atom. The van der Waals surface area contributed by atoms with E-state index in [0.29, 0.717) is 11.9 Å². The number of hydrogen-bond donors (Lipinski definition) is 1. The summed E-state index contributed by atoms with van der Waals surface area (Å²) < 4.78 is 0. The van der Waals surface area contributed by atoms with Crippen LogP contribution in [-0.4, -0.2) is 55.0 Å². The Morgan fingerprint density at radius 2 is 2.10 bits per heavy atom. The van der Waals surface area contributed by atoms with Crippen molar-refractivity contribution in [3.05, 3.63) is 29.8 Å². The van der Waals surface area contributed by atoms with Crippen molar-refractivity contribution in [2.75, 3.05) is 38.5 Å². The van der Waals surface area contributed by atoms with E-state index < -0.39 is 0 Å². The first kappa shape index (κ1) is 13.4. The molecule has 2 aliphatic heterocycles. The normalized spacial score (nSPS) is 26.8. The standard InChI is InChI=1S/C16H23N3O/c1-12-11-19(10-9-18(12)2)16(20)14-7-8-17-15-6-4-3-5-13(14)15/h3-6,12,14,17H,7-11H2,1-2H3. The van der Waals surface area contributed by atoms with E-state index in [1.807, 2.05) is 12.1 Å². The molecule has 1 fully saturated rings. The van der Waals surface area contributed by atoms with Crippen LogP contribution in [0, 0.1) is 0 Å². The van der Waals surface area contributed by atoms with Crippen molar-refractivity contribution in [3.63, 3.8) is 0 Å². The van der Waals surface area contributed by atoms with Crippen LogP contribution in [0.5, 0.6) is 0 Å². The first-order valence-electron chi connectivity index (χ1n) is 7.48. The summed E-state index contributed by atoms with van der Waals surface area (Å²) in [5.74, 6) is 0.335. The van der Waals surface area contributed by atoms with Crippen LogP contribution in [0.4, 0.5) is 5.69 Å². The number of benzene rings is 1. The zero-order valence-corrected chi connectivity index (χ0v) is 12.3. The van der Waals surface area contributed by atoms with Gasteiger partial charge >= 0.3 is 0 Å². The highest BCUT2D eigenvalue weighted by atomic mass is 16.2. The van der Waals surface area contributed by atoms with Crippen LogP contribution in [0.15, 0.2) is 24.3 Å². The van der Waals surface area contributed by atoms with Crippen LogP contribution in [0.2, 0.25) is 0 Å². The SMILES string of the molecule is CC1CN(C(=O)C2CCNc3ccccc32)CCN1C. The molecule has 0 spiro atoms. The summed E-state index contributed by atoms with van der Waals surface area (Å²) in [5, 5.41) is 3.39. The van der Waals surface area contributed by atoms with Gasteiger partial charge in [-0.2, -0.15) is 0 Å². The quantitative estimate of drug-likeness (QED) is 0.847. The maximum absolute atomic E-state index is 12.8. The number of carbonyl (C=O) groups is 1. The molecule has 2 unspecified atom stereocenters. The third-order valence-electron chi connectivity index (χ3n) is 4.65. The average Bonchev–Trinajstić information content (AvgIpc) is 2.49. The summed E-state index contributed by atoms with van der Waals surface area (Å²) in [4.78, 5) is 17.2. The monoisotopic (exact) mass is 273 g/mol. The molecule has 0 aromatic heterocycles. The van der Waals surface area contributed by atoms with E-state index in [2.05, 4.69) is 41.2 Å². The van der Waals surface area contributed by atoms with Gasteiger partial charge in [0.25, 0.3) is 0 Å². The van der Waals surface area contributed by atoms with E-state index in [-0.39, 0.29) is 5.92 Å². The zero-order valence-electron chi connectivity index (χ0n) is 12.3. The number of anilines is 1. The Hall–Kier alpha value is -1.55. The van der Waals surface area contributed by atoms with Crippen LogP contribution in [0.25, 0.3) is 0 Å². The highest BCUT2D eigenvalue weighted by molar-refractivity contribution is 5.86. The van der Waals surface area contributed by atoms with Crippen molar-refractivity contribution in [2.45, 2.75) is 25.3 Å². The molecule has 4 heteroatoms. The molecule has 1 N–H and O–H groups in total. The molecule has 1 aromatic carbocycles. The fourth-order valence-corrected chi connectivity index (χ4v) is 3.19. The fraction of sp³-hybridized carbons (Fsp3) is 0.562. The largest absolute Gasteiger partial charge is 0.385 e. The second-order valence-corrected chi connectivity index (χ2v) is 5.97. The van der Waals surface area contributed by atoms with Gasteiger partial charge in [-0.05, 0) is 32.0 Å². The van der Waals surface area contributed by atoms with E-state index in [0.717, 1.165) is 43.9 Å². The zero-order chi connectivity index (χ0) is 14.1. The molecule has 2 atom stereocenters. The molecule has 1 saturated heterocycles. The van der Waals surface area contributed by atoms with Crippen LogP contribution in [-0.2, 0) is 4.79 Å². The summed E-state index contributed by atoms with van der Waals surface area (Å²) in [7, 11) is 2.13. The Bertz CT molecular complexity index is 502. The van der Waals surface area contributed by atoms with Crippen LogP contribution in [0.1, 0.15) is 24.8 Å². The lowest BCUT2D eigenvalue weighted by Crippen LogP contribution is -2.53. The van der Waals surface area contributed by atoms with E-state index in [9.17, 15) is 4.79 Å². The average molecular weight is 273 g/mol. The van der Waals surface area contributed by atoms with E-state index >= 15 is 0 Å². The summed E-state index contributed by atoms with van der Waals surface area (Å²) in [5.41, 5.74) is 2.29. The minimum atomic E-state index is 0.0306. The van der Waals surface area contributed by atoms with Crippen LogP contribution < -0.4 is 5.32 Å². The predicted molar refractivity (Wildman–Crippen MR) is 81.0 cm³/mol. The van der Waals surface area contributed by atoms with Gasteiger partial charge in [-0.3, -0.25) is 4.79 Å². The molecule has 0 bridgehead atoms. The number of likely N-dealkylation sites (N-methyl/N-ethyl adjacent to an activating group) is 1. The molecule has 0 radical (unpaired) electrons. The molecule has 4 nitrogen and oxygen atoms in total. The summed E-state index contributed by atoms with van der Waals surface area (Å²) in [6.07, 6.45) is 0.899. The van der Waals surface area contributed by atoms with Gasteiger partial charge in [-0.25, -0.2) is 0 Å². The number of nitrogens with zero attached hydrogens (tertiary/aromatic N) is 2. The lowest BCUT2D eigenvalue weighted by molar-refractivity contribution is -0.135. The second-order valence-electron chi connectivity index (χ2n) is 5.97. The Balaban J connectivity index is 1.78. The molecule has 2 heterocycles. The third kappa shape index (κ3) is 2.40. The van der Waals surface area contributed by atoms with Gasteiger partial charge < -0.3 is 15.1 Å². The summed E-state index contributed by atoms with van der Waals surface area (Å²) in [6, 6.07) is 8.66. The molecular weight excluding hydrogens is 250 g/mol. The number of piperazine rings is 1. The fourth-order valence-electron chi connectivity index (χ4n) is 3.19. The smallest absolute Gasteiger partial charge is 0.230 e. The summed E-state index contributed by atoms with van der Waals surface area (Å²) in [6.45, 7) is 5.75. The first-order valence-corrected chi connectivity index (χ1v) is 7.48. The van der Waals surface area contributed by atoms with Crippen LogP contribution >= 0.6 is 0 Å². The van der Waals surface area contributed by atoms with Gasteiger partial charge in [0.1, 0.15) is 0 Å². The van der Waals surface area contributed by atoms with E-state index in [1.165, 1.54) is 0 Å². The molecule has 3 rings (SSSR count). The molecule has 0 aliphatic carbocycles. The van der Waals surface area contributed by atoms with E-state index in [4.69, 9.17) is 0 Å². The summed E-state index contributed by atoms with van der Waals surface area (Å²) >= 11 is 0. The topological polar surface area (TPSA) is 35.6 Å². The second kappa shape index (κ2) is 5.44. The van der Waals surface area contributed by atoms with Crippen LogP contribution in [0.3, 0.4) is 0 Å². The molecule has 0 saturated carbocycles. The molecule has 108 valence electrons. The highest BCUT2D eigenvalue weighted by Gasteiger charge is 2.32. The molecule has 1 aromatic rings. The van der Waals surface area contributed by atoms with Crippen molar-refractivity contribution in [2.24, 2.45) is 0 Å². The van der Waals surface area contributed by atoms with Gasteiger partial charge in [0.15, 0.2) is 0 Å². The maximum atomic E-state index is 12.8. The van der Waals surface area contributed by atoms with Crippen molar-refractivity contribution in [3.8, 4) is 0 Å². The number of amides is 1. The number of fused-ring (bicyclic) bond motifs is 1. The third-order valence-corrected chi connectivity index (χ3v) is 4.65. The molecule has 2 aliphatic rings. The Morgan fingerprint density at radius 1 is 1.30 bits per heavy atom. The van der Waals surface area contributed by atoms with Crippen molar-refractivity contribution < 1.29 is 4.79 Å². The number of rotatable bonds is 1. The highest BCUT2D eigenvalue weighted by Crippen LogP contribution is 2.33. The number of para-hydroxylation sites is 1. The van der Waals surface area contributed by atoms with Gasteiger partial charge in [-0.15, -0.1) is 0 Å². The minimum Gasteiger partial charge on any atom is -0.385 e. The van der Waals surface area contributed by atoms with E-state index in [1.54, 1.807) is 0 Å². The van der Waals surface area contributed by atoms with Crippen molar-refractivity contribution in [1.82, 2.24) is 9.80 Å². The molecule has 20 heavy (non-hydrogen) atoms. The van der Waals surface area contributed by atoms with Gasteiger partial charge in [0.05, 0.1) is 5.92 Å². The predicted octanol–water partition coefficient (Wildman–Crippen LogP) is 1.75. The number of carbonyl (C=O) groups excluding carboxylic acids is 1. The van der Waals surface area contributed by atoms with Gasteiger partial charge in [-0.1, -0.05) is 18.2 Å². The molecular formula is C16H23N3O. The molecule has 1 amide bonds. The Kier molecular flexibility index (Phi) is 3.66. The lowest BCUT2D eigenvalue weighted by atomic mass is 9.89. The van der Waals surface area contributed by atoms with Crippen molar-refractivity contribution in [1.29, 1.82) is 0 Å². The maximum Gasteiger partial charge on any atom is 0.230 e. The van der Waals surface area contributed by atoms with Crippen molar-refractivity contribution >= 4 is 11.6 Å². The number of hydrogen-bond acceptors (Lipinski definition) is 3. The number of nitrogens with one attached hydrogen (secondary N) is 1. The van der Waals surface area contributed by atoms with Gasteiger partial charge in [0.2, 0.25) is 5.91 Å². The lowest BCUT2D eigenvalue weighted by Gasteiger charge is -2.40. The Labute approximate surface area is 120 Å². The minimum absolute atomic E-state index is 0.0306. The first-order chi connectivity index (χ1) is 9.66. The van der Waals surface area contributed by atoms with Gasteiger partial charge in [0, 0.05) is 37.9 Å².